The summed E-state index contributed by atoms with van der Waals surface area (Å²) in [4.78, 5) is 18.9. The summed E-state index contributed by atoms with van der Waals surface area (Å²) in [6, 6.07) is 3.93. The Kier molecular flexibility index (Phi) is 4.95. The Balaban J connectivity index is 2.10. The predicted molar refractivity (Wildman–Crippen MR) is 80.9 cm³/mol. The van der Waals surface area contributed by atoms with Crippen molar-refractivity contribution in [3.05, 3.63) is 23.9 Å². The molecule has 1 aliphatic rings. The Bertz CT molecular complexity index is 461. The van der Waals surface area contributed by atoms with Gasteiger partial charge in [-0.1, -0.05) is 0 Å². The molecular weight excluding hydrogens is 252 g/mol. The number of carbonyl (C=O) groups excluding carboxylic acids is 1. The van der Waals surface area contributed by atoms with Crippen molar-refractivity contribution < 1.29 is 4.79 Å². The molecule has 1 amide bonds. The summed E-state index contributed by atoms with van der Waals surface area (Å²) < 4.78 is 0. The average Bonchev–Trinajstić information content (AvgIpc) is 2.87. The maximum atomic E-state index is 12.6. The first-order valence-corrected chi connectivity index (χ1v) is 7.27. The second-order valence-corrected chi connectivity index (χ2v) is 5.66. The summed E-state index contributed by atoms with van der Waals surface area (Å²) in [5.74, 6) is 1.33. The third-order valence-electron chi connectivity index (χ3n) is 3.53. The topological polar surface area (TPSA) is 57.3 Å². The van der Waals surface area contributed by atoms with Crippen LogP contribution in [0.5, 0.6) is 0 Å². The molecule has 1 fully saturated rings. The highest BCUT2D eigenvalue weighted by Gasteiger charge is 2.27. The number of rotatable bonds is 5. The molecule has 5 heteroatoms. The van der Waals surface area contributed by atoms with Gasteiger partial charge < -0.3 is 15.5 Å². The largest absolute Gasteiger partial charge is 0.367 e. The molecule has 1 unspecified atom stereocenters. The number of anilines is 1. The van der Waals surface area contributed by atoms with Gasteiger partial charge >= 0.3 is 0 Å². The number of nitrogens with zero attached hydrogens (tertiary/aromatic N) is 2. The zero-order valence-corrected chi connectivity index (χ0v) is 12.5. The van der Waals surface area contributed by atoms with Gasteiger partial charge in [0.25, 0.3) is 5.91 Å². The van der Waals surface area contributed by atoms with Gasteiger partial charge in [-0.05, 0) is 51.9 Å². The summed E-state index contributed by atoms with van der Waals surface area (Å²) in [6.07, 6.45) is 2.79. The van der Waals surface area contributed by atoms with E-state index in [-0.39, 0.29) is 11.9 Å². The fraction of sp³-hybridized carbons (Fsp3) is 0.600. The quantitative estimate of drug-likeness (QED) is 0.857. The van der Waals surface area contributed by atoms with Gasteiger partial charge in [0.15, 0.2) is 0 Å². The highest BCUT2D eigenvalue weighted by atomic mass is 16.2. The zero-order chi connectivity index (χ0) is 14.5. The van der Waals surface area contributed by atoms with Crippen LogP contribution in [-0.4, -0.2) is 48.5 Å². The summed E-state index contributed by atoms with van der Waals surface area (Å²) in [7, 11) is 1.95. The minimum absolute atomic E-state index is 0.0832. The minimum Gasteiger partial charge on any atom is -0.367 e. The van der Waals surface area contributed by atoms with Gasteiger partial charge in [-0.25, -0.2) is 4.98 Å². The molecule has 2 rings (SSSR count). The van der Waals surface area contributed by atoms with Gasteiger partial charge in [-0.3, -0.25) is 4.79 Å². The van der Waals surface area contributed by atoms with Gasteiger partial charge in [-0.2, -0.15) is 0 Å². The number of pyridine rings is 1. The molecule has 0 bridgehead atoms. The maximum absolute atomic E-state index is 12.6. The van der Waals surface area contributed by atoms with Crippen LogP contribution in [0.25, 0.3) is 0 Å². The first-order chi connectivity index (χ1) is 9.61. The van der Waals surface area contributed by atoms with E-state index in [0.29, 0.717) is 17.3 Å². The van der Waals surface area contributed by atoms with E-state index < -0.39 is 0 Å². The Morgan fingerprint density at radius 3 is 3.05 bits per heavy atom. The van der Waals surface area contributed by atoms with E-state index in [1.807, 2.05) is 37.9 Å². The van der Waals surface area contributed by atoms with Gasteiger partial charge in [-0.15, -0.1) is 0 Å². The van der Waals surface area contributed by atoms with Crippen LogP contribution in [0.15, 0.2) is 18.3 Å². The maximum Gasteiger partial charge on any atom is 0.257 e. The normalized spacial score (nSPS) is 18.6. The summed E-state index contributed by atoms with van der Waals surface area (Å²) >= 11 is 0. The molecule has 0 saturated carbocycles. The van der Waals surface area contributed by atoms with Gasteiger partial charge in [0.1, 0.15) is 5.82 Å². The first kappa shape index (κ1) is 14.8. The van der Waals surface area contributed by atoms with E-state index >= 15 is 0 Å². The molecule has 1 aromatic rings. The summed E-state index contributed by atoms with van der Waals surface area (Å²) in [5, 5.41) is 6.43. The lowest BCUT2D eigenvalue weighted by Gasteiger charge is -2.19. The highest BCUT2D eigenvalue weighted by Crippen LogP contribution is 2.21. The molecule has 0 aromatic carbocycles. The van der Waals surface area contributed by atoms with Crippen LogP contribution in [0, 0.1) is 5.92 Å². The third-order valence-corrected chi connectivity index (χ3v) is 3.53. The molecule has 0 radical (unpaired) electrons. The van der Waals surface area contributed by atoms with Crippen molar-refractivity contribution in [1.29, 1.82) is 0 Å². The molecule has 0 aliphatic carbocycles. The summed E-state index contributed by atoms with van der Waals surface area (Å²) in [6.45, 7) is 6.72. The molecular formula is C15H24N4O. The number of amides is 1. The van der Waals surface area contributed by atoms with E-state index in [4.69, 9.17) is 0 Å². The number of hydrogen-bond acceptors (Lipinski definition) is 4. The Hall–Kier alpha value is -1.62. The van der Waals surface area contributed by atoms with Crippen molar-refractivity contribution in [1.82, 2.24) is 15.2 Å². The van der Waals surface area contributed by atoms with Crippen LogP contribution in [0.2, 0.25) is 0 Å². The molecule has 5 nitrogen and oxygen atoms in total. The van der Waals surface area contributed by atoms with E-state index in [0.717, 1.165) is 26.1 Å². The van der Waals surface area contributed by atoms with Crippen LogP contribution in [0.3, 0.4) is 0 Å². The van der Waals surface area contributed by atoms with E-state index in [1.165, 1.54) is 0 Å². The fourth-order valence-corrected chi connectivity index (χ4v) is 2.61. The van der Waals surface area contributed by atoms with Crippen LogP contribution in [-0.2, 0) is 0 Å². The molecule has 1 saturated heterocycles. The standard InChI is InChI=1S/C15H24N4O/c1-11(2)18-14-13(5-4-7-17-14)15(20)19-8-6-12(10-19)9-16-3/h4-5,7,11-12,16H,6,8-10H2,1-3H3,(H,17,18). The fourth-order valence-electron chi connectivity index (χ4n) is 2.61. The number of likely N-dealkylation sites (tertiary alicyclic amines) is 1. The number of aromatic nitrogens is 1. The minimum atomic E-state index is 0.0832. The smallest absolute Gasteiger partial charge is 0.257 e. The van der Waals surface area contributed by atoms with E-state index in [1.54, 1.807) is 6.20 Å². The predicted octanol–water partition coefficient (Wildman–Crippen LogP) is 1.58. The van der Waals surface area contributed by atoms with E-state index in [2.05, 4.69) is 15.6 Å². The van der Waals surface area contributed by atoms with Crippen LogP contribution in [0.1, 0.15) is 30.6 Å². The van der Waals surface area contributed by atoms with Crippen molar-refractivity contribution in [2.24, 2.45) is 5.92 Å². The van der Waals surface area contributed by atoms with Crippen molar-refractivity contribution in [2.45, 2.75) is 26.3 Å². The van der Waals surface area contributed by atoms with Crippen molar-refractivity contribution >= 4 is 11.7 Å². The lowest BCUT2D eigenvalue weighted by Crippen LogP contribution is -2.31. The third kappa shape index (κ3) is 3.48. The van der Waals surface area contributed by atoms with Crippen LogP contribution >= 0.6 is 0 Å². The lowest BCUT2D eigenvalue weighted by molar-refractivity contribution is 0.0788. The molecule has 0 spiro atoms. The molecule has 1 aliphatic heterocycles. The molecule has 2 heterocycles. The van der Waals surface area contributed by atoms with Crippen molar-refractivity contribution in [3.63, 3.8) is 0 Å². The van der Waals surface area contributed by atoms with Gasteiger partial charge in [0.2, 0.25) is 0 Å². The second kappa shape index (κ2) is 6.70. The average molecular weight is 276 g/mol. The first-order valence-electron chi connectivity index (χ1n) is 7.27. The zero-order valence-electron chi connectivity index (χ0n) is 12.5. The molecule has 2 N–H and O–H groups in total. The molecule has 1 aromatic heterocycles. The monoisotopic (exact) mass is 276 g/mol. The highest BCUT2D eigenvalue weighted by molar-refractivity contribution is 5.98. The number of carbonyl (C=O) groups is 1. The lowest BCUT2D eigenvalue weighted by atomic mass is 10.1. The Morgan fingerprint density at radius 2 is 2.35 bits per heavy atom. The Labute approximate surface area is 120 Å². The SMILES string of the molecule is CNCC1CCN(C(=O)c2cccnc2NC(C)C)C1. The van der Waals surface area contributed by atoms with Crippen LogP contribution in [0.4, 0.5) is 5.82 Å². The van der Waals surface area contributed by atoms with E-state index in [9.17, 15) is 4.79 Å². The molecule has 110 valence electrons. The Morgan fingerprint density at radius 1 is 1.55 bits per heavy atom. The number of hydrogen-bond donors (Lipinski definition) is 2. The van der Waals surface area contributed by atoms with Gasteiger partial charge in [0, 0.05) is 25.3 Å². The molecule has 20 heavy (non-hydrogen) atoms. The van der Waals surface area contributed by atoms with Gasteiger partial charge in [0.05, 0.1) is 5.56 Å². The summed E-state index contributed by atoms with van der Waals surface area (Å²) in [5.41, 5.74) is 0.673. The second-order valence-electron chi connectivity index (χ2n) is 5.66. The van der Waals surface area contributed by atoms with Crippen LogP contribution < -0.4 is 10.6 Å². The number of nitrogens with one attached hydrogen (secondary N) is 2. The van der Waals surface area contributed by atoms with Crippen molar-refractivity contribution in [3.8, 4) is 0 Å². The molecule has 1 atom stereocenters. The van der Waals surface area contributed by atoms with Crippen molar-refractivity contribution in [2.75, 3.05) is 32.0 Å².